The molecule has 0 aliphatic rings. The van der Waals surface area contributed by atoms with Crippen LogP contribution < -0.4 is 9.47 Å². The van der Waals surface area contributed by atoms with E-state index >= 15 is 0 Å². The first-order valence-corrected chi connectivity index (χ1v) is 13.4. The van der Waals surface area contributed by atoms with Gasteiger partial charge in [-0.05, 0) is 124 Å². The van der Waals surface area contributed by atoms with Crippen molar-refractivity contribution in [2.45, 2.75) is 34.6 Å². The predicted octanol–water partition coefficient (Wildman–Crippen LogP) is 7.23. The molecule has 0 saturated carbocycles. The molecule has 0 saturated heterocycles. The maximum atomic E-state index is 12.3. The lowest BCUT2D eigenvalue weighted by Gasteiger charge is -2.21. The highest BCUT2D eigenvalue weighted by Crippen LogP contribution is 2.31. The van der Waals surface area contributed by atoms with Crippen molar-refractivity contribution in [1.82, 2.24) is 9.80 Å². The average Bonchev–Trinajstić information content (AvgIpc) is 2.90. The van der Waals surface area contributed by atoms with Crippen LogP contribution in [0.2, 0.25) is 0 Å². The molecule has 0 aromatic heterocycles. The Kier molecular flexibility index (Phi) is 10.2. The first-order chi connectivity index (χ1) is 17.8. The number of thiocarbonyl (C=S) groups is 2. The summed E-state index contributed by atoms with van der Waals surface area (Å²) < 4.78 is 11.7. The molecule has 3 aromatic rings. The van der Waals surface area contributed by atoms with E-state index in [0.717, 1.165) is 48.4 Å². The van der Waals surface area contributed by atoms with Gasteiger partial charge in [-0.3, -0.25) is 4.79 Å². The maximum absolute atomic E-state index is 12.3. The van der Waals surface area contributed by atoms with Crippen molar-refractivity contribution in [3.8, 4) is 33.8 Å². The third-order valence-corrected chi connectivity index (χ3v) is 6.85. The number of ketones is 1. The van der Waals surface area contributed by atoms with Gasteiger partial charge in [0, 0.05) is 31.7 Å². The highest BCUT2D eigenvalue weighted by Gasteiger charge is 2.12. The summed E-state index contributed by atoms with van der Waals surface area (Å²) in [5, 5.41) is 0.924. The second-order valence-corrected chi connectivity index (χ2v) is 9.18. The number of carbonyl (C=O) groups excluding carboxylic acids is 1. The molecule has 0 amide bonds. The minimum absolute atomic E-state index is 0.0112. The van der Waals surface area contributed by atoms with Gasteiger partial charge in [0.2, 0.25) is 0 Å². The number of Topliss-reactive ketones (excluding diaryl/α,β-unsaturated/α-hetero) is 1. The second-order valence-electron chi connectivity index (χ2n) is 8.48. The van der Waals surface area contributed by atoms with Crippen LogP contribution >= 0.6 is 24.4 Å². The fourth-order valence-corrected chi connectivity index (χ4v) is 4.60. The SMILES string of the molecule is CCN(CC)C(=S)Oc1ccc(-c2cc(C(C)=O)cc(-c3ccc(OC(=S)N(CC)CC)cc3)c2)cc1. The molecule has 5 nitrogen and oxygen atoms in total. The molecule has 37 heavy (non-hydrogen) atoms. The third-order valence-electron chi connectivity index (χ3n) is 6.17. The monoisotopic (exact) mass is 534 g/mol. The number of nitrogens with zero attached hydrogens (tertiary/aromatic N) is 2. The number of hydrogen-bond acceptors (Lipinski definition) is 5. The van der Waals surface area contributed by atoms with Crippen LogP contribution in [0, 0.1) is 0 Å². The summed E-state index contributed by atoms with van der Waals surface area (Å²) in [7, 11) is 0. The minimum Gasteiger partial charge on any atom is -0.432 e. The average molecular weight is 535 g/mol. The fraction of sp³-hybridized carbons (Fsp3) is 0.300. The van der Waals surface area contributed by atoms with Crippen LogP contribution in [0.3, 0.4) is 0 Å². The van der Waals surface area contributed by atoms with Crippen LogP contribution in [0.1, 0.15) is 45.0 Å². The van der Waals surface area contributed by atoms with E-state index in [1.807, 2.05) is 98.2 Å². The predicted molar refractivity (Wildman–Crippen MR) is 160 cm³/mol. The van der Waals surface area contributed by atoms with Gasteiger partial charge in [-0.25, -0.2) is 0 Å². The Bertz CT molecular complexity index is 1140. The summed E-state index contributed by atoms with van der Waals surface area (Å²) in [5.74, 6) is 1.38. The van der Waals surface area contributed by atoms with Crippen LogP contribution in [0.5, 0.6) is 11.5 Å². The molecule has 0 bridgehead atoms. The smallest absolute Gasteiger partial charge is 0.264 e. The number of ether oxygens (including phenoxy) is 2. The molecule has 3 aromatic carbocycles. The summed E-state index contributed by atoms with van der Waals surface area (Å²) in [6.07, 6.45) is 0. The first-order valence-electron chi connectivity index (χ1n) is 12.6. The summed E-state index contributed by atoms with van der Waals surface area (Å²) in [6, 6.07) is 21.4. The Morgan fingerprint density at radius 2 is 0.973 bits per heavy atom. The Labute approximate surface area is 231 Å². The van der Waals surface area contributed by atoms with Gasteiger partial charge in [0.15, 0.2) is 5.78 Å². The molecule has 7 heteroatoms. The Morgan fingerprint density at radius 3 is 1.27 bits per heavy atom. The van der Waals surface area contributed by atoms with Gasteiger partial charge in [0.05, 0.1) is 0 Å². The van der Waals surface area contributed by atoms with E-state index in [0.29, 0.717) is 27.4 Å². The highest BCUT2D eigenvalue weighted by atomic mass is 32.1. The number of benzene rings is 3. The van der Waals surface area contributed by atoms with Crippen molar-refractivity contribution in [1.29, 1.82) is 0 Å². The maximum Gasteiger partial charge on any atom is 0.264 e. The minimum atomic E-state index is 0.0112. The number of carbonyl (C=O) groups is 1. The molecule has 194 valence electrons. The van der Waals surface area contributed by atoms with E-state index < -0.39 is 0 Å². The summed E-state index contributed by atoms with van der Waals surface area (Å²) >= 11 is 10.8. The van der Waals surface area contributed by atoms with Gasteiger partial charge in [-0.1, -0.05) is 24.3 Å². The van der Waals surface area contributed by atoms with E-state index in [4.69, 9.17) is 33.9 Å². The van der Waals surface area contributed by atoms with Crippen LogP contribution in [0.25, 0.3) is 22.3 Å². The summed E-state index contributed by atoms with van der Waals surface area (Å²) in [6.45, 7) is 12.9. The van der Waals surface area contributed by atoms with Gasteiger partial charge in [-0.15, -0.1) is 0 Å². The van der Waals surface area contributed by atoms with Crippen molar-refractivity contribution < 1.29 is 14.3 Å². The molecule has 0 unspecified atom stereocenters. The van der Waals surface area contributed by atoms with Gasteiger partial charge >= 0.3 is 0 Å². The fourth-order valence-electron chi connectivity index (χ4n) is 3.89. The lowest BCUT2D eigenvalue weighted by Crippen LogP contribution is -2.32. The van der Waals surface area contributed by atoms with Crippen molar-refractivity contribution in [3.05, 3.63) is 72.3 Å². The van der Waals surface area contributed by atoms with Gasteiger partial charge in [0.1, 0.15) is 11.5 Å². The van der Waals surface area contributed by atoms with Gasteiger partial charge in [0.25, 0.3) is 10.3 Å². The molecule has 0 radical (unpaired) electrons. The van der Waals surface area contributed by atoms with Gasteiger partial charge in [-0.2, -0.15) is 0 Å². The number of rotatable bonds is 9. The summed E-state index contributed by atoms with van der Waals surface area (Å²) in [4.78, 5) is 16.3. The quantitative estimate of drug-likeness (QED) is 0.212. The van der Waals surface area contributed by atoms with Crippen LogP contribution in [0.4, 0.5) is 0 Å². The molecule has 3 rings (SSSR count). The lowest BCUT2D eigenvalue weighted by atomic mass is 9.95. The largest absolute Gasteiger partial charge is 0.432 e. The van der Waals surface area contributed by atoms with E-state index in [1.54, 1.807) is 6.92 Å². The topological polar surface area (TPSA) is 42.0 Å². The van der Waals surface area contributed by atoms with Crippen molar-refractivity contribution in [2.24, 2.45) is 0 Å². The standard InChI is InChI=1S/C30H34N2O3S2/c1-6-31(7-2)29(36)34-27-14-10-22(11-15-27)25-18-24(21(5)33)19-26(20-25)23-12-16-28(17-13-23)35-30(37)32(8-3)9-4/h10-20H,6-9H2,1-5H3. The molecule has 0 aliphatic carbocycles. The number of hydrogen-bond donors (Lipinski definition) is 0. The van der Waals surface area contributed by atoms with Crippen LogP contribution in [0.15, 0.2) is 66.7 Å². The zero-order chi connectivity index (χ0) is 26.9. The van der Waals surface area contributed by atoms with Crippen molar-refractivity contribution >= 4 is 40.6 Å². The van der Waals surface area contributed by atoms with E-state index in [9.17, 15) is 4.79 Å². The lowest BCUT2D eigenvalue weighted by molar-refractivity contribution is 0.101. The van der Waals surface area contributed by atoms with Crippen LogP contribution in [-0.4, -0.2) is 52.1 Å². The molecule has 0 aliphatic heterocycles. The van der Waals surface area contributed by atoms with E-state index in [2.05, 4.69) is 6.07 Å². The normalized spacial score (nSPS) is 10.5. The Balaban J connectivity index is 1.85. The van der Waals surface area contributed by atoms with Crippen LogP contribution in [-0.2, 0) is 0 Å². The van der Waals surface area contributed by atoms with E-state index in [1.165, 1.54) is 0 Å². The van der Waals surface area contributed by atoms with Gasteiger partial charge < -0.3 is 19.3 Å². The summed E-state index contributed by atoms with van der Waals surface area (Å²) in [5.41, 5.74) is 4.51. The molecular formula is C30H34N2O3S2. The molecular weight excluding hydrogens is 500 g/mol. The first kappa shape index (κ1) is 28.3. The second kappa shape index (κ2) is 13.3. The molecule has 0 N–H and O–H groups in total. The Hall–Kier alpha value is -3.29. The third kappa shape index (κ3) is 7.37. The zero-order valence-corrected chi connectivity index (χ0v) is 23.7. The molecule has 0 heterocycles. The van der Waals surface area contributed by atoms with Crippen molar-refractivity contribution in [3.63, 3.8) is 0 Å². The van der Waals surface area contributed by atoms with Crippen molar-refractivity contribution in [2.75, 3.05) is 26.2 Å². The molecule has 0 atom stereocenters. The Morgan fingerprint density at radius 1 is 0.622 bits per heavy atom. The molecule has 0 spiro atoms. The van der Waals surface area contributed by atoms with E-state index in [-0.39, 0.29) is 5.78 Å². The zero-order valence-electron chi connectivity index (χ0n) is 22.1. The highest BCUT2D eigenvalue weighted by molar-refractivity contribution is 7.80. The molecule has 0 fully saturated rings.